The van der Waals surface area contributed by atoms with Gasteiger partial charge in [0, 0.05) is 12.0 Å². The lowest BCUT2D eigenvalue weighted by atomic mass is 9.96. The highest BCUT2D eigenvalue weighted by Crippen LogP contribution is 2.15. The maximum absolute atomic E-state index is 3.42. The van der Waals surface area contributed by atoms with Crippen LogP contribution in [-0.2, 0) is 0 Å². The molecule has 1 aliphatic rings. The summed E-state index contributed by atoms with van der Waals surface area (Å²) in [7, 11) is 0. The fourth-order valence-electron chi connectivity index (χ4n) is 1.60. The van der Waals surface area contributed by atoms with Crippen LogP contribution in [-0.4, -0.2) is 12.6 Å². The standard InChI is InChI=1S/C15H23N/c1-12(2)15-7-5-6-14(8-9-15)10-11-16-13(3)4/h6,8-9,12-13,15-16H,10-11H2,1-4H3. The second-order valence-electron chi connectivity index (χ2n) is 5.00. The normalized spacial score (nSPS) is 19.4. The molecule has 1 nitrogen and oxygen atoms in total. The van der Waals surface area contributed by atoms with Gasteiger partial charge in [0.1, 0.15) is 0 Å². The van der Waals surface area contributed by atoms with E-state index in [1.165, 1.54) is 5.57 Å². The summed E-state index contributed by atoms with van der Waals surface area (Å²) in [6.45, 7) is 9.81. The molecule has 0 amide bonds. The first-order valence-corrected chi connectivity index (χ1v) is 6.21. The summed E-state index contributed by atoms with van der Waals surface area (Å²) in [5, 5.41) is 3.42. The average molecular weight is 217 g/mol. The Kier molecular flexibility index (Phi) is 5.35. The highest BCUT2D eigenvalue weighted by molar-refractivity contribution is 5.34. The van der Waals surface area contributed by atoms with Crippen LogP contribution in [0.1, 0.15) is 34.1 Å². The molecule has 88 valence electrons. The van der Waals surface area contributed by atoms with Crippen LogP contribution in [0.3, 0.4) is 0 Å². The average Bonchev–Trinajstić information content (AvgIpc) is 2.42. The Labute approximate surface area is 100 Å². The van der Waals surface area contributed by atoms with E-state index in [-0.39, 0.29) is 0 Å². The van der Waals surface area contributed by atoms with Gasteiger partial charge in [0.25, 0.3) is 0 Å². The van der Waals surface area contributed by atoms with Crippen molar-refractivity contribution < 1.29 is 0 Å². The Morgan fingerprint density at radius 1 is 1.31 bits per heavy atom. The smallest absolute Gasteiger partial charge is 0.0412 e. The van der Waals surface area contributed by atoms with Crippen LogP contribution in [0.2, 0.25) is 0 Å². The zero-order chi connectivity index (χ0) is 12.0. The van der Waals surface area contributed by atoms with Crippen LogP contribution in [0.5, 0.6) is 0 Å². The van der Waals surface area contributed by atoms with E-state index in [1.807, 2.05) is 0 Å². The van der Waals surface area contributed by atoms with Gasteiger partial charge < -0.3 is 5.32 Å². The van der Waals surface area contributed by atoms with Crippen molar-refractivity contribution in [2.24, 2.45) is 11.8 Å². The quantitative estimate of drug-likeness (QED) is 0.698. The minimum absolute atomic E-state index is 0.409. The molecule has 0 saturated heterocycles. The van der Waals surface area contributed by atoms with Gasteiger partial charge in [-0.2, -0.15) is 0 Å². The van der Waals surface area contributed by atoms with Gasteiger partial charge in [-0.15, -0.1) is 0 Å². The molecule has 0 aromatic rings. The Hall–Kier alpha value is -1.00. The molecular formula is C15H23N. The summed E-state index contributed by atoms with van der Waals surface area (Å²) < 4.78 is 0. The fourth-order valence-corrected chi connectivity index (χ4v) is 1.60. The predicted molar refractivity (Wildman–Crippen MR) is 71.1 cm³/mol. The predicted octanol–water partition coefficient (Wildman–Crippen LogP) is 3.15. The van der Waals surface area contributed by atoms with Crippen molar-refractivity contribution in [3.63, 3.8) is 0 Å². The molecule has 1 heteroatoms. The molecular weight excluding hydrogens is 194 g/mol. The number of hydrogen-bond donors (Lipinski definition) is 1. The van der Waals surface area contributed by atoms with Crippen LogP contribution in [0.25, 0.3) is 0 Å². The van der Waals surface area contributed by atoms with Crippen molar-refractivity contribution in [3.8, 4) is 11.8 Å². The lowest BCUT2D eigenvalue weighted by Gasteiger charge is -2.09. The van der Waals surface area contributed by atoms with Crippen LogP contribution in [0.4, 0.5) is 0 Å². The van der Waals surface area contributed by atoms with Gasteiger partial charge in [-0.3, -0.25) is 0 Å². The zero-order valence-corrected chi connectivity index (χ0v) is 10.9. The molecule has 0 aromatic carbocycles. The molecule has 1 N–H and O–H groups in total. The highest BCUT2D eigenvalue weighted by atomic mass is 14.9. The van der Waals surface area contributed by atoms with E-state index in [0.717, 1.165) is 13.0 Å². The number of nitrogens with one attached hydrogen (secondary N) is 1. The number of allylic oxidation sites excluding steroid dienone is 3. The lowest BCUT2D eigenvalue weighted by Crippen LogP contribution is -2.23. The first-order chi connectivity index (χ1) is 7.59. The van der Waals surface area contributed by atoms with Crippen LogP contribution < -0.4 is 5.32 Å². The molecule has 0 aromatic heterocycles. The van der Waals surface area contributed by atoms with E-state index in [2.05, 4.69) is 63.1 Å². The molecule has 0 aliphatic heterocycles. The first kappa shape index (κ1) is 13.1. The van der Waals surface area contributed by atoms with Crippen LogP contribution >= 0.6 is 0 Å². The van der Waals surface area contributed by atoms with Gasteiger partial charge in [0.2, 0.25) is 0 Å². The van der Waals surface area contributed by atoms with E-state index in [4.69, 9.17) is 0 Å². The summed E-state index contributed by atoms with van der Waals surface area (Å²) >= 11 is 0. The van der Waals surface area contributed by atoms with Gasteiger partial charge >= 0.3 is 0 Å². The monoisotopic (exact) mass is 217 g/mol. The van der Waals surface area contributed by atoms with Crippen molar-refractivity contribution in [1.82, 2.24) is 5.32 Å². The summed E-state index contributed by atoms with van der Waals surface area (Å²) in [5.74, 6) is 7.45. The van der Waals surface area contributed by atoms with Crippen molar-refractivity contribution in [3.05, 3.63) is 23.8 Å². The van der Waals surface area contributed by atoms with E-state index >= 15 is 0 Å². The Morgan fingerprint density at radius 2 is 2.06 bits per heavy atom. The highest BCUT2D eigenvalue weighted by Gasteiger charge is 2.07. The van der Waals surface area contributed by atoms with Crippen molar-refractivity contribution in [2.45, 2.75) is 40.2 Å². The Bertz CT molecular complexity index is 323. The lowest BCUT2D eigenvalue weighted by molar-refractivity contribution is 0.565. The minimum atomic E-state index is 0.409. The third kappa shape index (κ3) is 4.68. The summed E-state index contributed by atoms with van der Waals surface area (Å²) in [6.07, 6.45) is 7.58. The molecule has 1 unspecified atom stereocenters. The van der Waals surface area contributed by atoms with E-state index < -0.39 is 0 Å². The molecule has 1 rings (SSSR count). The van der Waals surface area contributed by atoms with E-state index in [9.17, 15) is 0 Å². The molecule has 0 spiro atoms. The van der Waals surface area contributed by atoms with E-state index in [0.29, 0.717) is 17.9 Å². The van der Waals surface area contributed by atoms with Crippen molar-refractivity contribution in [1.29, 1.82) is 0 Å². The van der Waals surface area contributed by atoms with Crippen LogP contribution in [0.15, 0.2) is 23.8 Å². The summed E-state index contributed by atoms with van der Waals surface area (Å²) in [4.78, 5) is 0. The molecule has 0 saturated carbocycles. The SMILES string of the molecule is CC(C)NCCC1=CC#CC(C(C)C)C=C1. The maximum atomic E-state index is 3.42. The molecule has 1 atom stereocenters. The van der Waals surface area contributed by atoms with Crippen molar-refractivity contribution in [2.75, 3.05) is 6.54 Å². The second-order valence-corrected chi connectivity index (χ2v) is 5.00. The number of hydrogen-bond acceptors (Lipinski definition) is 1. The summed E-state index contributed by atoms with van der Waals surface area (Å²) in [5.41, 5.74) is 1.34. The summed E-state index contributed by atoms with van der Waals surface area (Å²) in [6, 6.07) is 0.560. The van der Waals surface area contributed by atoms with Gasteiger partial charge in [0.15, 0.2) is 0 Å². The fraction of sp³-hybridized carbons (Fsp3) is 0.600. The minimum Gasteiger partial charge on any atom is -0.314 e. The molecule has 16 heavy (non-hydrogen) atoms. The van der Waals surface area contributed by atoms with Gasteiger partial charge in [-0.1, -0.05) is 51.7 Å². The molecule has 0 radical (unpaired) electrons. The maximum Gasteiger partial charge on any atom is 0.0412 e. The van der Waals surface area contributed by atoms with Gasteiger partial charge in [-0.05, 0) is 30.5 Å². The van der Waals surface area contributed by atoms with Crippen molar-refractivity contribution >= 4 is 0 Å². The molecule has 0 fully saturated rings. The molecule has 0 bridgehead atoms. The topological polar surface area (TPSA) is 12.0 Å². The van der Waals surface area contributed by atoms with Gasteiger partial charge in [0.05, 0.1) is 0 Å². The first-order valence-electron chi connectivity index (χ1n) is 6.21. The molecule has 0 heterocycles. The third-order valence-electron chi connectivity index (χ3n) is 2.71. The zero-order valence-electron chi connectivity index (χ0n) is 10.9. The Balaban J connectivity index is 2.44. The van der Waals surface area contributed by atoms with Gasteiger partial charge in [-0.25, -0.2) is 0 Å². The third-order valence-corrected chi connectivity index (χ3v) is 2.71. The van der Waals surface area contributed by atoms with E-state index in [1.54, 1.807) is 0 Å². The largest absolute Gasteiger partial charge is 0.314 e. The number of rotatable bonds is 5. The Morgan fingerprint density at radius 3 is 2.69 bits per heavy atom. The molecule has 1 aliphatic carbocycles. The van der Waals surface area contributed by atoms with Crippen LogP contribution in [0, 0.1) is 23.7 Å². The second kappa shape index (κ2) is 6.55.